The van der Waals surface area contributed by atoms with Crippen LogP contribution in [0.3, 0.4) is 0 Å². The summed E-state index contributed by atoms with van der Waals surface area (Å²) in [5.74, 6) is 6.07. The summed E-state index contributed by atoms with van der Waals surface area (Å²) in [6, 6.07) is 2.13. The van der Waals surface area contributed by atoms with Gasteiger partial charge in [0.2, 0.25) is 0 Å². The molecule has 0 spiro atoms. The van der Waals surface area contributed by atoms with Crippen LogP contribution >= 0.6 is 0 Å². The lowest BCUT2D eigenvalue weighted by atomic mass is 10.0. The molecule has 0 saturated heterocycles. The molecule has 14 aliphatic rings. The molecule has 14 aromatic rings. The first kappa shape index (κ1) is 98.5. The monoisotopic (exact) mass is 2020 g/mol. The Balaban J connectivity index is 0.0000000969. The Bertz CT molecular complexity index is 7290. The van der Waals surface area contributed by atoms with Gasteiger partial charge in [0.1, 0.15) is 98.3 Å². The fraction of sp³-hybridized carbons (Fsp3) is 0.606. The molecule has 146 heavy (non-hydrogen) atoms. The molecule has 778 valence electrons. The summed E-state index contributed by atoms with van der Waals surface area (Å²) in [6.07, 6.45) is 11.1. The number of nitrogens with zero attached hydrogens (tertiary/aromatic N) is 26. The highest BCUT2D eigenvalue weighted by atomic mass is 16.4. The molecule has 28 rings (SSSR count). The van der Waals surface area contributed by atoms with E-state index in [0.29, 0.717) is 164 Å². The quantitative estimate of drug-likeness (QED) is 0.0431. The number of aryl methyl sites for hydroxylation is 5. The van der Waals surface area contributed by atoms with Crippen LogP contribution in [0.15, 0.2) is 68.8 Å². The van der Waals surface area contributed by atoms with E-state index in [1.165, 1.54) is 0 Å². The number of imidazole rings is 7. The largest absolute Gasteiger partial charge is 0.397 e. The second-order valence-electron chi connectivity index (χ2n) is 42.7. The third-order valence-corrected chi connectivity index (χ3v) is 35.6. The number of aliphatic hydroxyl groups is 19. The van der Waals surface area contributed by atoms with Crippen molar-refractivity contribution in [1.82, 2.24) is 127 Å². The molecule has 14 heterocycles. The summed E-state index contributed by atoms with van der Waals surface area (Å²) < 4.78 is 13.0. The molecule has 30 N–H and O–H groups in total. The third kappa shape index (κ3) is 14.5. The Morgan fingerprint density at radius 2 is 0.527 bits per heavy atom. The van der Waals surface area contributed by atoms with Gasteiger partial charge in [0.05, 0.1) is 175 Å². The van der Waals surface area contributed by atoms with Crippen molar-refractivity contribution in [2.45, 2.75) is 208 Å². The molecule has 0 aromatic carbocycles. The van der Waals surface area contributed by atoms with E-state index in [1.807, 2.05) is 45.4 Å². The molecular weight excluding hydrogens is 1900 g/mol. The minimum Gasteiger partial charge on any atom is -0.397 e. The van der Waals surface area contributed by atoms with Crippen molar-refractivity contribution in [2.24, 2.45) is 79.3 Å². The number of nitrogens with two attached hydrogens (primary N) is 4. The predicted octanol–water partition coefficient (Wildman–Crippen LogP) is -3.03. The lowest BCUT2D eigenvalue weighted by Crippen LogP contribution is -2.35. The van der Waals surface area contributed by atoms with E-state index in [0.717, 1.165) is 47.4 Å². The Labute approximate surface area is 830 Å². The van der Waals surface area contributed by atoms with Crippen LogP contribution in [0.1, 0.15) is 129 Å². The van der Waals surface area contributed by atoms with E-state index in [-0.39, 0.29) is 135 Å². The molecule has 33 atom stereocenters. The fourth-order valence-corrected chi connectivity index (χ4v) is 26.9. The Morgan fingerprint density at radius 1 is 0.281 bits per heavy atom. The molecular formula is C94H123N33O19. The first-order valence-electron chi connectivity index (χ1n) is 49.1. The molecule has 14 fully saturated rings. The number of fused-ring (bicyclic) bond motifs is 14. The van der Waals surface area contributed by atoms with E-state index >= 15 is 0 Å². The summed E-state index contributed by atoms with van der Waals surface area (Å²) in [6.45, 7) is 8.43. The highest BCUT2D eigenvalue weighted by Crippen LogP contribution is 2.74. The Hall–Kier alpha value is -12.2. The number of anilines is 7. The zero-order valence-corrected chi connectivity index (χ0v) is 81.1. The van der Waals surface area contributed by atoms with Gasteiger partial charge >= 0.3 is 0 Å². The van der Waals surface area contributed by atoms with Crippen molar-refractivity contribution in [1.29, 1.82) is 0 Å². The van der Waals surface area contributed by atoms with Crippen LogP contribution < -0.4 is 38.9 Å². The van der Waals surface area contributed by atoms with E-state index < -0.39 is 100 Å². The number of nitrogens with one attached hydrogen (secondary N) is 3. The topological polar surface area (TPSA) is 804 Å². The molecule has 0 aliphatic heterocycles. The van der Waals surface area contributed by atoms with E-state index in [4.69, 9.17) is 22.9 Å². The summed E-state index contributed by atoms with van der Waals surface area (Å²) in [5.41, 5.74) is 30.2. The van der Waals surface area contributed by atoms with Crippen LogP contribution in [-0.2, 0) is 0 Å². The fourth-order valence-electron chi connectivity index (χ4n) is 26.9. The lowest BCUT2D eigenvalue weighted by Gasteiger charge is -2.23. The molecule has 0 radical (unpaired) electrons. The van der Waals surface area contributed by atoms with Crippen molar-refractivity contribution in [3.8, 4) is 0 Å². The number of pyridine rings is 2. The number of aliphatic hydroxyl groups excluding tert-OH is 19. The van der Waals surface area contributed by atoms with E-state index in [9.17, 15) is 97.0 Å². The van der Waals surface area contributed by atoms with Crippen LogP contribution in [-0.4, -0.2) is 364 Å². The average Bonchev–Trinajstić information content (AvgIpc) is 1.52. The molecule has 14 aromatic heterocycles. The summed E-state index contributed by atoms with van der Waals surface area (Å²) in [5, 5.41) is 199. The van der Waals surface area contributed by atoms with E-state index in [1.54, 1.807) is 111 Å². The zero-order valence-electron chi connectivity index (χ0n) is 81.1. The SMILES string of the molecule is CNc1ccnc2c1ncn2C1C(O)C(O)C2(CO)CC12.CNc1nc(C)nc2c1ncn2C1C(O)C(O)C2(CO)CC12.CNc1nc(C)nc2c1ncn2C1CC(O)C2(CO)CC12.Cc1nc(N)c2ncn(C3C(O)C(O)C4(CO)CC34)c2n1.Cc1nc(N)c2ncn(C3C(O)C(O)C4(CO)CC34)c2n1.Cc1nc(N)c2ncn(C3CC(O)C4(CO)CC34)c2n1.Nc1ccnc2c1ncn2C1C(O)C(O)C2(CO)CC12. The third-order valence-electron chi connectivity index (χ3n) is 35.6. The van der Waals surface area contributed by atoms with Gasteiger partial charge in [0.15, 0.2) is 68.6 Å². The second kappa shape index (κ2) is 35.3. The van der Waals surface area contributed by atoms with Gasteiger partial charge in [0, 0.05) is 83.5 Å². The minimum atomic E-state index is -0.954. The minimum absolute atomic E-state index is 0.0152. The molecule has 52 heteroatoms. The Kier molecular flexibility index (Phi) is 23.8. The van der Waals surface area contributed by atoms with Gasteiger partial charge in [-0.2, -0.15) is 0 Å². The van der Waals surface area contributed by atoms with Gasteiger partial charge in [-0.15, -0.1) is 0 Å². The highest BCUT2D eigenvalue weighted by molar-refractivity contribution is 5.88. The number of hydrogen-bond donors (Lipinski definition) is 26. The maximum Gasteiger partial charge on any atom is 0.166 e. The van der Waals surface area contributed by atoms with Gasteiger partial charge in [-0.3, -0.25) is 0 Å². The van der Waals surface area contributed by atoms with Crippen molar-refractivity contribution >= 4 is 119 Å². The highest BCUT2D eigenvalue weighted by Gasteiger charge is 2.77. The molecule has 0 bridgehead atoms. The lowest BCUT2D eigenvalue weighted by molar-refractivity contribution is -0.0301. The van der Waals surface area contributed by atoms with Gasteiger partial charge in [0.25, 0.3) is 0 Å². The summed E-state index contributed by atoms with van der Waals surface area (Å²) in [4.78, 5) is 81.8. The predicted molar refractivity (Wildman–Crippen MR) is 520 cm³/mol. The van der Waals surface area contributed by atoms with Crippen molar-refractivity contribution in [3.05, 3.63) is 97.9 Å². The van der Waals surface area contributed by atoms with Gasteiger partial charge in [-0.05, 0) is 146 Å². The van der Waals surface area contributed by atoms with Crippen LogP contribution in [0, 0.1) is 114 Å². The van der Waals surface area contributed by atoms with Crippen LogP contribution in [0.25, 0.3) is 78.1 Å². The van der Waals surface area contributed by atoms with Gasteiger partial charge in [-0.25, -0.2) is 94.7 Å². The molecule has 14 aliphatic carbocycles. The maximum absolute atomic E-state index is 10.4. The number of hydrogen-bond acceptors (Lipinski definition) is 45. The molecule has 0 amide bonds. The normalized spacial score (nSPS) is 37.0. The standard InChI is InChI=1S/C14H19N5O3.C14H19N5O2.C14H18N4O3.2C13H17N5O3.C13H17N5O2.C13H16N4O3/c1-6-17-12(15-2)8-13(18-6)19(5-16-8)9-7-3-14(7,4-20)11(22)10(9)21;1-7-17-12(15-2)11-13(18-7)19(6-16-11)9-3-10(21)14(5-20)4-8(9)14;1-15-8-2-3-16-13-9(8)17-6-18(13)10-7-4-14(7,5-19)12(21)11(10)20;2*1-5-16-11(14)7-12(17-5)18(4-15-7)8-6-2-13(6,3-19)10(21)9(8)20;1-6-16-11(14)10-12(17-6)18(5-15-10)8-2-9(20)13(4-19)3-7(8)13;14-7-1-2-15-12-8(7)16-5-17(12)9-6-3-13(6,4-18)11(20)10(9)19/h5,7,9-11,20-22H,3-4H2,1-2H3,(H,15,17,18);6,8-10,20-21H,3-5H2,1-2H3,(H,15,17,18);2-3,6-7,10-12,19-21H,4-5H2,1H3,(H,15,16);2*4,6,8-10,19-21H,2-3H2,1H3,(H2,14,16,17);5,7-9,19-20H,2-4H2,1H3,(H2,14,16,17);1-2,5-6,9-11,18-20H,3-4H2,(H2,14,15). The van der Waals surface area contributed by atoms with Crippen molar-refractivity contribution in [2.75, 3.05) is 106 Å². The first-order valence-corrected chi connectivity index (χ1v) is 49.1. The number of rotatable bonds is 17. The van der Waals surface area contributed by atoms with E-state index in [2.05, 4.69) is 111 Å². The van der Waals surface area contributed by atoms with Crippen molar-refractivity contribution < 1.29 is 97.0 Å². The van der Waals surface area contributed by atoms with Crippen LogP contribution in [0.2, 0.25) is 0 Å². The molecule has 14 saturated carbocycles. The molecule has 52 nitrogen and oxygen atoms in total. The first-order chi connectivity index (χ1) is 69.9. The van der Waals surface area contributed by atoms with Crippen LogP contribution in [0.4, 0.5) is 40.5 Å². The van der Waals surface area contributed by atoms with Crippen molar-refractivity contribution in [3.63, 3.8) is 0 Å². The number of aromatic nitrogens is 26. The van der Waals surface area contributed by atoms with Gasteiger partial charge < -0.3 is 168 Å². The molecule has 33 unspecified atom stereocenters. The summed E-state index contributed by atoms with van der Waals surface area (Å²) >= 11 is 0. The second-order valence-corrected chi connectivity index (χ2v) is 42.7. The number of nitrogen functional groups attached to an aromatic ring is 4. The maximum atomic E-state index is 10.4. The zero-order chi connectivity index (χ0) is 103. The Morgan fingerprint density at radius 3 is 0.815 bits per heavy atom. The average molecular weight is 2020 g/mol. The summed E-state index contributed by atoms with van der Waals surface area (Å²) in [7, 11) is 5.41. The van der Waals surface area contributed by atoms with Gasteiger partial charge in [-0.1, -0.05) is 0 Å². The smallest absolute Gasteiger partial charge is 0.166 e. The van der Waals surface area contributed by atoms with Crippen LogP contribution in [0.5, 0.6) is 0 Å².